The molecule has 3 rings (SSSR count). The van der Waals surface area contributed by atoms with Crippen LogP contribution >= 0.6 is 0 Å². The summed E-state index contributed by atoms with van der Waals surface area (Å²) in [6.45, 7) is 6.91. The molecule has 9 heteroatoms. The zero-order valence-electron chi connectivity index (χ0n) is 25.2. The van der Waals surface area contributed by atoms with Crippen molar-refractivity contribution in [2.45, 2.75) is 88.9 Å². The van der Waals surface area contributed by atoms with Crippen LogP contribution in [0.5, 0.6) is 0 Å². The standard InChI is InChI=1S/C32H50N4O4S/c1-28-15-18-30(19-16-28)41(38,39)40-26-14-12-10-8-6-4-3-5-7-9-11-13-21-33-32(37)29-17-20-31(34-27-29)36-24-22-35(2)23-25-36/h15-20,27H,3-14,21-26H2,1-2H3,(H,33,37). The molecule has 0 radical (unpaired) electrons. The van der Waals surface area contributed by atoms with Crippen molar-refractivity contribution in [1.29, 1.82) is 0 Å². The molecule has 0 atom stereocenters. The van der Waals surface area contributed by atoms with Crippen LogP contribution in [-0.2, 0) is 14.3 Å². The number of carbonyl (C=O) groups excluding carboxylic acids is 1. The summed E-state index contributed by atoms with van der Waals surface area (Å²) >= 11 is 0. The number of unbranched alkanes of at least 4 members (excludes halogenated alkanes) is 11. The number of benzene rings is 1. The molecule has 0 aliphatic carbocycles. The summed E-state index contributed by atoms with van der Waals surface area (Å²) in [5.74, 6) is 0.909. The molecule has 1 saturated heterocycles. The van der Waals surface area contributed by atoms with E-state index in [0.717, 1.165) is 69.7 Å². The van der Waals surface area contributed by atoms with Crippen molar-refractivity contribution in [1.82, 2.24) is 15.2 Å². The Morgan fingerprint density at radius 2 is 1.37 bits per heavy atom. The van der Waals surface area contributed by atoms with Gasteiger partial charge in [0.05, 0.1) is 17.1 Å². The molecule has 2 heterocycles. The van der Waals surface area contributed by atoms with E-state index in [1.807, 2.05) is 19.1 Å². The Hall–Kier alpha value is -2.49. The third kappa shape index (κ3) is 12.5. The zero-order chi connectivity index (χ0) is 29.3. The monoisotopic (exact) mass is 586 g/mol. The molecule has 1 amide bonds. The maximum Gasteiger partial charge on any atom is 0.296 e. The molecule has 41 heavy (non-hydrogen) atoms. The number of piperazine rings is 1. The van der Waals surface area contributed by atoms with E-state index in [0.29, 0.717) is 12.1 Å². The van der Waals surface area contributed by atoms with Crippen molar-refractivity contribution in [3.05, 3.63) is 53.7 Å². The van der Waals surface area contributed by atoms with E-state index in [1.165, 1.54) is 44.9 Å². The topological polar surface area (TPSA) is 91.8 Å². The number of likely N-dealkylation sites (N-methyl/N-ethyl adjacent to an activating group) is 1. The molecule has 0 unspecified atom stereocenters. The van der Waals surface area contributed by atoms with Gasteiger partial charge in [0.1, 0.15) is 5.82 Å². The van der Waals surface area contributed by atoms with Crippen LogP contribution in [0.2, 0.25) is 0 Å². The molecule has 2 aromatic rings. The van der Waals surface area contributed by atoms with E-state index in [4.69, 9.17) is 4.18 Å². The summed E-state index contributed by atoms with van der Waals surface area (Å²) in [5.41, 5.74) is 1.65. The van der Waals surface area contributed by atoms with E-state index < -0.39 is 10.1 Å². The van der Waals surface area contributed by atoms with Gasteiger partial charge in [0, 0.05) is 38.9 Å². The number of aryl methyl sites for hydroxylation is 1. The van der Waals surface area contributed by atoms with Gasteiger partial charge in [0.2, 0.25) is 0 Å². The first-order chi connectivity index (χ1) is 19.8. The molecular weight excluding hydrogens is 536 g/mol. The first kappa shape index (κ1) is 33.0. The van der Waals surface area contributed by atoms with Gasteiger partial charge in [-0.15, -0.1) is 0 Å². The molecule has 1 aliphatic rings. The number of hydrogen-bond donors (Lipinski definition) is 1. The number of carbonyl (C=O) groups is 1. The van der Waals surface area contributed by atoms with Crippen molar-refractivity contribution >= 4 is 21.8 Å². The highest BCUT2D eigenvalue weighted by Gasteiger charge is 2.16. The number of nitrogens with zero attached hydrogens (tertiary/aromatic N) is 3. The van der Waals surface area contributed by atoms with Gasteiger partial charge in [-0.1, -0.05) is 81.9 Å². The van der Waals surface area contributed by atoms with Gasteiger partial charge in [0.15, 0.2) is 0 Å². The maximum atomic E-state index is 12.4. The number of aromatic nitrogens is 1. The molecule has 1 fully saturated rings. The smallest absolute Gasteiger partial charge is 0.296 e. The van der Waals surface area contributed by atoms with Gasteiger partial charge in [-0.05, 0) is 51.1 Å². The number of hydrogen-bond acceptors (Lipinski definition) is 7. The fourth-order valence-electron chi connectivity index (χ4n) is 4.98. The summed E-state index contributed by atoms with van der Waals surface area (Å²) in [4.78, 5) is 21.7. The van der Waals surface area contributed by atoms with Gasteiger partial charge in [-0.2, -0.15) is 8.42 Å². The Morgan fingerprint density at radius 1 is 0.805 bits per heavy atom. The van der Waals surface area contributed by atoms with Crippen LogP contribution in [0.1, 0.15) is 93.0 Å². The van der Waals surface area contributed by atoms with E-state index in [1.54, 1.807) is 30.5 Å². The molecule has 1 aliphatic heterocycles. The molecular formula is C32H50N4O4S. The Labute approximate surface area is 248 Å². The summed E-state index contributed by atoms with van der Waals surface area (Å²) in [6.07, 6.45) is 15.4. The Bertz CT molecular complexity index is 1120. The second kappa shape index (κ2) is 18.1. The third-order valence-electron chi connectivity index (χ3n) is 7.74. The van der Waals surface area contributed by atoms with Crippen molar-refractivity contribution in [3.8, 4) is 0 Å². The highest BCUT2D eigenvalue weighted by molar-refractivity contribution is 7.86. The van der Waals surface area contributed by atoms with Crippen LogP contribution in [-0.4, -0.2) is 70.6 Å². The van der Waals surface area contributed by atoms with Gasteiger partial charge in [-0.25, -0.2) is 4.98 Å². The number of rotatable bonds is 19. The van der Waals surface area contributed by atoms with Crippen molar-refractivity contribution < 1.29 is 17.4 Å². The first-order valence-electron chi connectivity index (χ1n) is 15.5. The molecule has 0 spiro atoms. The Morgan fingerprint density at radius 3 is 1.93 bits per heavy atom. The van der Waals surface area contributed by atoms with Crippen LogP contribution < -0.4 is 10.2 Å². The van der Waals surface area contributed by atoms with E-state index in [-0.39, 0.29) is 17.4 Å². The SMILES string of the molecule is Cc1ccc(S(=O)(=O)OCCCCCCCCCCCCCCNC(=O)c2ccc(N3CCN(C)CC3)nc2)cc1. The second-order valence-corrected chi connectivity index (χ2v) is 12.9. The lowest BCUT2D eigenvalue weighted by atomic mass is 10.1. The minimum atomic E-state index is -3.64. The molecule has 1 N–H and O–H groups in total. The first-order valence-corrected chi connectivity index (χ1v) is 16.9. The lowest BCUT2D eigenvalue weighted by Crippen LogP contribution is -2.44. The average molecular weight is 587 g/mol. The molecule has 1 aromatic carbocycles. The summed E-state index contributed by atoms with van der Waals surface area (Å²) < 4.78 is 29.5. The second-order valence-electron chi connectivity index (χ2n) is 11.3. The van der Waals surface area contributed by atoms with Crippen molar-refractivity contribution in [3.63, 3.8) is 0 Å². The zero-order valence-corrected chi connectivity index (χ0v) is 26.0. The fraction of sp³-hybridized carbons (Fsp3) is 0.625. The van der Waals surface area contributed by atoms with Crippen LogP contribution in [0.3, 0.4) is 0 Å². The average Bonchev–Trinajstić information content (AvgIpc) is 2.97. The highest BCUT2D eigenvalue weighted by atomic mass is 32.2. The highest BCUT2D eigenvalue weighted by Crippen LogP contribution is 2.16. The fourth-order valence-corrected chi connectivity index (χ4v) is 5.93. The predicted molar refractivity (Wildman–Crippen MR) is 166 cm³/mol. The van der Waals surface area contributed by atoms with Gasteiger partial charge in [-0.3, -0.25) is 8.98 Å². The van der Waals surface area contributed by atoms with Gasteiger partial charge < -0.3 is 15.1 Å². The molecule has 8 nitrogen and oxygen atoms in total. The quantitative estimate of drug-likeness (QED) is 0.160. The van der Waals surface area contributed by atoms with E-state index in [9.17, 15) is 13.2 Å². The molecule has 0 saturated carbocycles. The minimum Gasteiger partial charge on any atom is -0.354 e. The third-order valence-corrected chi connectivity index (χ3v) is 9.07. The van der Waals surface area contributed by atoms with Crippen LogP contribution in [0.4, 0.5) is 5.82 Å². The van der Waals surface area contributed by atoms with Crippen LogP contribution in [0, 0.1) is 6.92 Å². The van der Waals surface area contributed by atoms with Gasteiger partial charge >= 0.3 is 0 Å². The van der Waals surface area contributed by atoms with Crippen molar-refractivity contribution in [2.24, 2.45) is 0 Å². The summed E-state index contributed by atoms with van der Waals surface area (Å²) in [7, 11) is -1.50. The van der Waals surface area contributed by atoms with Gasteiger partial charge in [0.25, 0.3) is 16.0 Å². The summed E-state index contributed by atoms with van der Waals surface area (Å²) in [5, 5.41) is 3.03. The Balaban J connectivity index is 1.09. The van der Waals surface area contributed by atoms with Crippen LogP contribution in [0.15, 0.2) is 47.5 Å². The maximum absolute atomic E-state index is 12.4. The largest absolute Gasteiger partial charge is 0.354 e. The van der Waals surface area contributed by atoms with E-state index in [2.05, 4.69) is 27.1 Å². The predicted octanol–water partition coefficient (Wildman–Crippen LogP) is 5.96. The minimum absolute atomic E-state index is 0.0396. The van der Waals surface area contributed by atoms with E-state index >= 15 is 0 Å². The number of pyridine rings is 1. The Kier molecular flexibility index (Phi) is 14.6. The molecule has 1 aromatic heterocycles. The normalized spacial score (nSPS) is 14.3. The van der Waals surface area contributed by atoms with Crippen LogP contribution in [0.25, 0.3) is 0 Å². The number of nitrogens with one attached hydrogen (secondary N) is 1. The van der Waals surface area contributed by atoms with Crippen molar-refractivity contribution in [2.75, 3.05) is 51.3 Å². The molecule has 0 bridgehead atoms. The lowest BCUT2D eigenvalue weighted by Gasteiger charge is -2.33. The number of anilines is 1. The molecule has 228 valence electrons. The lowest BCUT2D eigenvalue weighted by molar-refractivity contribution is 0.0952. The number of amides is 1. The summed E-state index contributed by atoms with van der Waals surface area (Å²) in [6, 6.07) is 10.6.